The van der Waals surface area contributed by atoms with Gasteiger partial charge in [0.2, 0.25) is 6.79 Å². The normalized spacial score (nSPS) is 39.7. The lowest BCUT2D eigenvalue weighted by Crippen LogP contribution is -2.65. The van der Waals surface area contributed by atoms with Crippen LogP contribution in [0.25, 0.3) is 0 Å². The summed E-state index contributed by atoms with van der Waals surface area (Å²) in [5.41, 5.74) is -0.753. The van der Waals surface area contributed by atoms with Crippen molar-refractivity contribution in [2.24, 2.45) is 33.6 Å². The van der Waals surface area contributed by atoms with E-state index in [4.69, 9.17) is 14.5 Å². The predicted octanol–water partition coefficient (Wildman–Crippen LogP) is 2.38. The number of hydrogen-bond donors (Lipinski definition) is 1. The van der Waals surface area contributed by atoms with Crippen molar-refractivity contribution >= 4 is 35.8 Å². The molecule has 0 radical (unpaired) electrons. The summed E-state index contributed by atoms with van der Waals surface area (Å²) in [6, 6.07) is -1.21. The van der Waals surface area contributed by atoms with Crippen LogP contribution >= 0.6 is 11.8 Å². The molecule has 4 fully saturated rings. The molecular weight excluding hydrogens is 454 g/mol. The number of nitrogens with one attached hydrogen (secondary N) is 1. The number of fused-ring (bicyclic) bond motifs is 2. The molecule has 4 unspecified atom stereocenters. The summed E-state index contributed by atoms with van der Waals surface area (Å²) >= 11 is 1.58. The molecule has 0 spiro atoms. The Kier molecular flexibility index (Phi) is 5.67. The van der Waals surface area contributed by atoms with Gasteiger partial charge in [-0.2, -0.15) is 0 Å². The van der Waals surface area contributed by atoms with Crippen LogP contribution in [-0.4, -0.2) is 71.0 Å². The van der Waals surface area contributed by atoms with Crippen molar-refractivity contribution in [2.75, 3.05) is 19.9 Å². The van der Waals surface area contributed by atoms with Crippen molar-refractivity contribution in [3.63, 3.8) is 0 Å². The molecule has 3 saturated heterocycles. The van der Waals surface area contributed by atoms with Gasteiger partial charge in [-0.3, -0.25) is 14.6 Å². The largest absolute Gasteiger partial charge is 0.427 e. The molecule has 1 saturated carbocycles. The first-order chi connectivity index (χ1) is 15.9. The van der Waals surface area contributed by atoms with E-state index in [1.54, 1.807) is 37.4 Å². The van der Waals surface area contributed by atoms with E-state index >= 15 is 0 Å². The van der Waals surface area contributed by atoms with Crippen molar-refractivity contribution in [2.45, 2.75) is 69.7 Å². The minimum atomic E-state index is -0.735. The number of β-lactam (4-membered cyclic amide) rings is 1. The van der Waals surface area contributed by atoms with Crippen LogP contribution in [0, 0.1) is 28.6 Å². The van der Waals surface area contributed by atoms with Gasteiger partial charge >= 0.3 is 11.9 Å². The molecule has 7 atom stereocenters. The molecule has 186 valence electrons. The Hall–Kier alpha value is -1.87. The van der Waals surface area contributed by atoms with E-state index < -0.39 is 41.0 Å². The number of rotatable bonds is 5. The standard InChI is InChI=1S/C25H35N3O5S/c1-23(2,3)22(31)33-13-32-21(30)18-24(4,5)34-20-17(19(29)28(18)20)27-12-25-8-6-14(7-9-25)15-10-26-11-16(15)25/h6,8,12,14-18,20,26H,7,9-11,13H2,1-5H3/t14?,15?,16?,17-,18-,20+,25?/m0/s1. The number of aliphatic imine (C=N–C) groups is 1. The van der Waals surface area contributed by atoms with Crippen LogP contribution in [-0.2, 0) is 23.9 Å². The number of allylic oxidation sites excluding steroid dienone is 2. The van der Waals surface area contributed by atoms with Crippen LogP contribution in [0.2, 0.25) is 0 Å². The highest BCUT2D eigenvalue weighted by molar-refractivity contribution is 8.01. The van der Waals surface area contributed by atoms with Gasteiger partial charge in [-0.15, -0.1) is 11.8 Å². The third-order valence-corrected chi connectivity index (χ3v) is 9.74. The van der Waals surface area contributed by atoms with E-state index in [1.165, 1.54) is 6.42 Å². The Morgan fingerprint density at radius 2 is 2.06 bits per heavy atom. The summed E-state index contributed by atoms with van der Waals surface area (Å²) in [6.45, 7) is 10.7. The third-order valence-electron chi connectivity index (χ3n) is 8.18. The number of carbonyl (C=O) groups is 3. The maximum absolute atomic E-state index is 13.1. The lowest BCUT2D eigenvalue weighted by molar-refractivity contribution is -0.179. The minimum absolute atomic E-state index is 0.0718. The number of nitrogens with zero attached hydrogens (tertiary/aromatic N) is 2. The van der Waals surface area contributed by atoms with Crippen molar-refractivity contribution in [3.8, 4) is 0 Å². The highest BCUT2D eigenvalue weighted by atomic mass is 32.2. The highest BCUT2D eigenvalue weighted by Crippen LogP contribution is 2.55. The van der Waals surface area contributed by atoms with E-state index in [2.05, 4.69) is 23.7 Å². The first-order valence-corrected chi connectivity index (χ1v) is 13.1. The summed E-state index contributed by atoms with van der Waals surface area (Å²) in [5, 5.41) is 3.36. The molecule has 9 heteroatoms. The molecular formula is C25H35N3O5S. The van der Waals surface area contributed by atoms with E-state index in [-0.39, 0.29) is 16.7 Å². The Morgan fingerprint density at radius 3 is 2.74 bits per heavy atom. The van der Waals surface area contributed by atoms with Crippen molar-refractivity contribution < 1.29 is 23.9 Å². The molecule has 34 heavy (non-hydrogen) atoms. The Morgan fingerprint density at radius 1 is 1.29 bits per heavy atom. The molecule has 0 aromatic heterocycles. The SMILES string of the molecule is CC(C)(C)C(=O)OCOC(=O)[C@@H]1N2C(=O)[C@H](N=CC34C=CC(CC3)C3CNCC34)[C@H]2SC1(C)C. The summed E-state index contributed by atoms with van der Waals surface area (Å²) in [4.78, 5) is 44.4. The molecule has 3 aliphatic heterocycles. The fraction of sp³-hybridized carbons (Fsp3) is 0.760. The van der Waals surface area contributed by atoms with E-state index in [0.29, 0.717) is 17.8 Å². The molecule has 6 rings (SSSR count). The number of ether oxygens (including phenoxy) is 2. The van der Waals surface area contributed by atoms with Crippen LogP contribution in [0.15, 0.2) is 17.1 Å². The second-order valence-electron chi connectivity index (χ2n) is 11.8. The van der Waals surface area contributed by atoms with Crippen molar-refractivity contribution in [3.05, 3.63) is 12.2 Å². The smallest absolute Gasteiger partial charge is 0.333 e. The quantitative estimate of drug-likeness (QED) is 0.208. The van der Waals surface area contributed by atoms with Crippen LogP contribution in [0.4, 0.5) is 0 Å². The fourth-order valence-corrected chi connectivity index (χ4v) is 7.89. The molecule has 8 nitrogen and oxygen atoms in total. The van der Waals surface area contributed by atoms with E-state index in [0.717, 1.165) is 19.5 Å². The van der Waals surface area contributed by atoms with Gasteiger partial charge in [0.1, 0.15) is 11.4 Å². The zero-order valence-corrected chi connectivity index (χ0v) is 21.4. The Bertz CT molecular complexity index is 957. The average molecular weight is 490 g/mol. The van der Waals surface area contributed by atoms with Crippen LogP contribution in [0.5, 0.6) is 0 Å². The minimum Gasteiger partial charge on any atom is -0.427 e. The fourth-order valence-electron chi connectivity index (χ4n) is 6.27. The molecule has 1 N–H and O–H groups in total. The number of thioether (sulfide) groups is 1. The molecule has 0 aromatic rings. The second kappa shape index (κ2) is 8.08. The third kappa shape index (κ3) is 3.70. The summed E-state index contributed by atoms with van der Waals surface area (Å²) in [7, 11) is 0. The summed E-state index contributed by atoms with van der Waals surface area (Å²) in [6.07, 6.45) is 8.98. The zero-order valence-electron chi connectivity index (χ0n) is 20.6. The van der Waals surface area contributed by atoms with Gasteiger partial charge in [0.15, 0.2) is 6.04 Å². The summed E-state index contributed by atoms with van der Waals surface area (Å²) < 4.78 is 9.80. The van der Waals surface area contributed by atoms with E-state index in [9.17, 15) is 14.4 Å². The van der Waals surface area contributed by atoms with E-state index in [1.807, 2.05) is 13.8 Å². The lowest BCUT2D eigenvalue weighted by atomic mass is 9.55. The van der Waals surface area contributed by atoms with Gasteiger partial charge in [-0.05, 0) is 78.3 Å². The molecule has 3 heterocycles. The highest BCUT2D eigenvalue weighted by Gasteiger charge is 2.64. The molecule has 3 aliphatic carbocycles. The first-order valence-electron chi connectivity index (χ1n) is 12.2. The maximum Gasteiger partial charge on any atom is 0.333 e. The van der Waals surface area contributed by atoms with Gasteiger partial charge in [0.05, 0.1) is 5.41 Å². The monoisotopic (exact) mass is 489 g/mol. The Balaban J connectivity index is 1.25. The number of hydrogen-bond acceptors (Lipinski definition) is 8. The van der Waals surface area contributed by atoms with Crippen LogP contribution in [0.1, 0.15) is 47.5 Å². The van der Waals surface area contributed by atoms with Crippen LogP contribution in [0.3, 0.4) is 0 Å². The zero-order chi connectivity index (χ0) is 24.5. The van der Waals surface area contributed by atoms with Gasteiger partial charge in [-0.25, -0.2) is 4.79 Å². The summed E-state index contributed by atoms with van der Waals surface area (Å²) in [5.74, 6) is 0.722. The molecule has 1 amide bonds. The second-order valence-corrected chi connectivity index (χ2v) is 13.6. The molecule has 2 bridgehead atoms. The Labute approximate surface area is 205 Å². The number of carbonyl (C=O) groups excluding carboxylic acids is 3. The van der Waals surface area contributed by atoms with Crippen molar-refractivity contribution in [1.29, 1.82) is 0 Å². The number of esters is 2. The van der Waals surface area contributed by atoms with Gasteiger partial charge < -0.3 is 19.7 Å². The molecule has 0 aromatic carbocycles. The molecule has 6 aliphatic rings. The maximum atomic E-state index is 13.1. The topological polar surface area (TPSA) is 97.3 Å². The number of amides is 1. The lowest BCUT2D eigenvalue weighted by Gasteiger charge is -2.49. The average Bonchev–Trinajstić information content (AvgIpc) is 3.37. The van der Waals surface area contributed by atoms with Crippen LogP contribution < -0.4 is 5.32 Å². The van der Waals surface area contributed by atoms with Gasteiger partial charge in [-0.1, -0.05) is 12.2 Å². The first kappa shape index (κ1) is 23.9. The van der Waals surface area contributed by atoms with Gasteiger partial charge in [0.25, 0.3) is 5.91 Å². The van der Waals surface area contributed by atoms with Crippen molar-refractivity contribution in [1.82, 2.24) is 10.2 Å². The van der Waals surface area contributed by atoms with Gasteiger partial charge in [0, 0.05) is 16.4 Å². The predicted molar refractivity (Wildman–Crippen MR) is 129 cm³/mol.